The molecule has 6 nitrogen and oxygen atoms in total. The van der Waals surface area contributed by atoms with Gasteiger partial charge >= 0.3 is 0 Å². The predicted molar refractivity (Wildman–Crippen MR) is 73.3 cm³/mol. The smallest absolute Gasteiger partial charge is 0.230 e. The molecule has 0 saturated heterocycles. The number of amides is 1. The number of nitro groups is 1. The van der Waals surface area contributed by atoms with E-state index in [1.165, 1.54) is 6.07 Å². The highest BCUT2D eigenvalue weighted by molar-refractivity contribution is 6.34. The first kappa shape index (κ1) is 15.0. The van der Waals surface area contributed by atoms with Crippen molar-refractivity contribution in [3.05, 3.63) is 43.9 Å². The fourth-order valence-corrected chi connectivity index (χ4v) is 2.45. The van der Waals surface area contributed by atoms with Crippen molar-refractivity contribution < 1.29 is 14.8 Å². The molecule has 1 fully saturated rings. The lowest BCUT2D eigenvalue weighted by Crippen LogP contribution is -2.31. The van der Waals surface area contributed by atoms with Gasteiger partial charge in [0.2, 0.25) is 11.9 Å². The Kier molecular flexibility index (Phi) is 4.47. The first-order valence-electron chi connectivity index (χ1n) is 5.93. The molecule has 1 aromatic rings. The van der Waals surface area contributed by atoms with E-state index in [0.717, 1.165) is 0 Å². The van der Waals surface area contributed by atoms with E-state index in [1.54, 1.807) is 12.1 Å². The summed E-state index contributed by atoms with van der Waals surface area (Å²) in [5.74, 6) is -1.01. The molecule has 1 aliphatic rings. The molecule has 2 rings (SSSR count). The van der Waals surface area contributed by atoms with Crippen LogP contribution in [0.25, 0.3) is 0 Å². The zero-order valence-electron chi connectivity index (χ0n) is 10.3. The Bertz CT molecular complexity index is 532. The molecule has 1 aliphatic carbocycles. The van der Waals surface area contributed by atoms with Gasteiger partial charge in [-0.15, -0.1) is 0 Å². The van der Waals surface area contributed by atoms with E-state index >= 15 is 0 Å². The molecule has 0 aliphatic heterocycles. The maximum Gasteiger partial charge on any atom is 0.230 e. The Balaban J connectivity index is 1.88. The van der Waals surface area contributed by atoms with Crippen LogP contribution in [0.5, 0.6) is 0 Å². The molecule has 0 bridgehead atoms. The highest BCUT2D eigenvalue weighted by Crippen LogP contribution is 2.33. The molecule has 0 spiro atoms. The third-order valence-corrected chi connectivity index (χ3v) is 3.54. The number of benzene rings is 1. The Morgan fingerprint density at radius 3 is 2.55 bits per heavy atom. The van der Waals surface area contributed by atoms with Gasteiger partial charge in [0.05, 0.1) is 6.10 Å². The van der Waals surface area contributed by atoms with Gasteiger partial charge in [-0.3, -0.25) is 14.9 Å². The zero-order valence-corrected chi connectivity index (χ0v) is 11.8. The monoisotopic (exact) mass is 318 g/mol. The molecule has 0 unspecified atom stereocenters. The lowest BCUT2D eigenvalue weighted by atomic mass is 10.1. The minimum Gasteiger partial charge on any atom is -0.387 e. The molecular weight excluding hydrogens is 307 g/mol. The van der Waals surface area contributed by atoms with Crippen molar-refractivity contribution in [3.8, 4) is 0 Å². The molecule has 2 N–H and O–H groups in total. The van der Waals surface area contributed by atoms with Crippen molar-refractivity contribution in [2.45, 2.75) is 18.6 Å². The summed E-state index contributed by atoms with van der Waals surface area (Å²) in [6.07, 6.45) is -0.722. The summed E-state index contributed by atoms with van der Waals surface area (Å²) in [6.45, 7) is -0.0452. The first-order valence-corrected chi connectivity index (χ1v) is 6.69. The molecule has 108 valence electrons. The third kappa shape index (κ3) is 3.59. The minimum atomic E-state index is -0.969. The van der Waals surface area contributed by atoms with Gasteiger partial charge in [-0.2, -0.15) is 0 Å². The molecule has 1 amide bonds. The van der Waals surface area contributed by atoms with Gasteiger partial charge in [0.1, 0.15) is 5.92 Å². The Hall–Kier alpha value is -1.37. The number of carbonyl (C=O) groups is 1. The summed E-state index contributed by atoms with van der Waals surface area (Å²) >= 11 is 11.6. The van der Waals surface area contributed by atoms with E-state index in [0.29, 0.717) is 15.6 Å². The van der Waals surface area contributed by atoms with Crippen molar-refractivity contribution in [2.75, 3.05) is 6.54 Å². The van der Waals surface area contributed by atoms with E-state index in [-0.39, 0.29) is 13.0 Å². The number of nitrogens with zero attached hydrogens (tertiary/aromatic N) is 1. The number of hydrogen-bond donors (Lipinski definition) is 2. The summed E-state index contributed by atoms with van der Waals surface area (Å²) in [6, 6.07) is 3.82. The van der Waals surface area contributed by atoms with Crippen LogP contribution in [-0.2, 0) is 4.79 Å². The Morgan fingerprint density at radius 1 is 1.45 bits per heavy atom. The van der Waals surface area contributed by atoms with Crippen molar-refractivity contribution >= 4 is 29.1 Å². The average molecular weight is 319 g/mol. The van der Waals surface area contributed by atoms with Crippen LogP contribution in [0.1, 0.15) is 18.1 Å². The number of aliphatic hydroxyl groups excluding tert-OH is 1. The van der Waals surface area contributed by atoms with Gasteiger partial charge in [-0.05, 0) is 23.8 Å². The van der Waals surface area contributed by atoms with Gasteiger partial charge in [-0.1, -0.05) is 23.2 Å². The standard InChI is InChI=1S/C12H12Cl2N2O4/c13-7-1-6(2-8(14)3-7)11(17)5-15-12(18)9-4-10(9)16(19)20/h1-3,9-11,17H,4-5H2,(H,15,18)/t9-,10-,11+/m1/s1. The molecule has 0 aromatic heterocycles. The number of rotatable bonds is 5. The normalized spacial score (nSPS) is 22.1. The maximum atomic E-state index is 11.6. The number of nitrogens with one attached hydrogen (secondary N) is 1. The summed E-state index contributed by atoms with van der Waals surface area (Å²) in [7, 11) is 0. The largest absolute Gasteiger partial charge is 0.387 e. The second kappa shape index (κ2) is 5.95. The first-order chi connectivity index (χ1) is 9.38. The minimum absolute atomic E-state index is 0.0452. The fourth-order valence-electron chi connectivity index (χ4n) is 1.91. The van der Waals surface area contributed by atoms with Crippen LogP contribution >= 0.6 is 23.2 Å². The van der Waals surface area contributed by atoms with Crippen LogP contribution in [0.2, 0.25) is 10.0 Å². The van der Waals surface area contributed by atoms with E-state index in [9.17, 15) is 20.0 Å². The summed E-state index contributed by atoms with van der Waals surface area (Å²) < 4.78 is 0. The molecule has 0 radical (unpaired) electrons. The molecular formula is C12H12Cl2N2O4. The molecule has 20 heavy (non-hydrogen) atoms. The average Bonchev–Trinajstić information content (AvgIpc) is 3.14. The van der Waals surface area contributed by atoms with Crippen molar-refractivity contribution in [3.63, 3.8) is 0 Å². The lowest BCUT2D eigenvalue weighted by Gasteiger charge is -2.12. The van der Waals surface area contributed by atoms with Gasteiger partial charge in [0.25, 0.3) is 0 Å². The fraction of sp³-hybridized carbons (Fsp3) is 0.417. The maximum absolute atomic E-state index is 11.6. The lowest BCUT2D eigenvalue weighted by molar-refractivity contribution is -0.497. The SMILES string of the molecule is O=C(NC[C@H](O)c1cc(Cl)cc(Cl)c1)[C@@H]1C[C@H]1[N+](=O)[O-]. The number of hydrogen-bond acceptors (Lipinski definition) is 4. The van der Waals surface area contributed by atoms with E-state index in [1.807, 2.05) is 0 Å². The molecule has 0 heterocycles. The predicted octanol–water partition coefficient (Wildman–Crippen LogP) is 1.81. The van der Waals surface area contributed by atoms with Crippen molar-refractivity contribution in [1.82, 2.24) is 5.32 Å². The highest BCUT2D eigenvalue weighted by atomic mass is 35.5. The third-order valence-electron chi connectivity index (χ3n) is 3.10. The summed E-state index contributed by atoms with van der Waals surface area (Å²) in [5, 5.41) is 23.6. The van der Waals surface area contributed by atoms with E-state index in [2.05, 4.69) is 5.32 Å². The number of aliphatic hydroxyl groups is 1. The summed E-state index contributed by atoms with van der Waals surface area (Å²) in [4.78, 5) is 21.6. The number of halogens is 2. The molecule has 8 heteroatoms. The summed E-state index contributed by atoms with van der Waals surface area (Å²) in [5.41, 5.74) is 0.476. The second-order valence-electron chi connectivity index (χ2n) is 4.66. The van der Waals surface area contributed by atoms with Crippen LogP contribution < -0.4 is 5.32 Å². The Labute approximate surface area is 124 Å². The Morgan fingerprint density at radius 2 is 2.05 bits per heavy atom. The zero-order chi connectivity index (χ0) is 14.9. The number of carbonyl (C=O) groups excluding carboxylic acids is 1. The van der Waals surface area contributed by atoms with E-state index in [4.69, 9.17) is 23.2 Å². The van der Waals surface area contributed by atoms with Gasteiger partial charge in [0.15, 0.2) is 0 Å². The topological polar surface area (TPSA) is 92.5 Å². The second-order valence-corrected chi connectivity index (χ2v) is 5.53. The van der Waals surface area contributed by atoms with Crippen molar-refractivity contribution in [2.24, 2.45) is 5.92 Å². The van der Waals surface area contributed by atoms with Crippen LogP contribution in [0, 0.1) is 16.0 Å². The van der Waals surface area contributed by atoms with Crippen LogP contribution in [0.3, 0.4) is 0 Å². The van der Waals surface area contributed by atoms with Gasteiger partial charge in [0, 0.05) is 27.9 Å². The van der Waals surface area contributed by atoms with Crippen LogP contribution in [-0.4, -0.2) is 28.5 Å². The molecule has 1 aromatic carbocycles. The van der Waals surface area contributed by atoms with Gasteiger partial charge in [-0.25, -0.2) is 0 Å². The van der Waals surface area contributed by atoms with E-state index < -0.39 is 28.9 Å². The van der Waals surface area contributed by atoms with Gasteiger partial charge < -0.3 is 10.4 Å². The quantitative estimate of drug-likeness (QED) is 0.639. The van der Waals surface area contributed by atoms with Crippen LogP contribution in [0.4, 0.5) is 0 Å². The highest BCUT2D eigenvalue weighted by Gasteiger charge is 2.53. The molecule has 1 saturated carbocycles. The van der Waals surface area contributed by atoms with Crippen LogP contribution in [0.15, 0.2) is 18.2 Å². The molecule has 3 atom stereocenters. The van der Waals surface area contributed by atoms with Crippen molar-refractivity contribution in [1.29, 1.82) is 0 Å².